The van der Waals surface area contributed by atoms with E-state index in [0.717, 1.165) is 51.9 Å². The van der Waals surface area contributed by atoms with Crippen molar-refractivity contribution >= 4 is 11.8 Å². The van der Waals surface area contributed by atoms with Gasteiger partial charge in [0.1, 0.15) is 6.10 Å². The Balaban J connectivity index is 1.38. The summed E-state index contributed by atoms with van der Waals surface area (Å²) in [6.45, 7) is 5.35. The highest BCUT2D eigenvalue weighted by Gasteiger charge is 2.42. The van der Waals surface area contributed by atoms with Crippen LogP contribution in [0.5, 0.6) is 0 Å². The Hall–Kier alpha value is -1.26. The Bertz CT molecular complexity index is 620. The number of likely N-dealkylation sites (N-methyl/N-ethyl adjacent to an activating group) is 1. The lowest BCUT2D eigenvalue weighted by atomic mass is 9.91. The van der Waals surface area contributed by atoms with Gasteiger partial charge in [-0.15, -0.1) is 0 Å². The quantitative estimate of drug-likeness (QED) is 0.646. The average molecular weight is 440 g/mol. The summed E-state index contributed by atoms with van der Waals surface area (Å²) in [6.07, 6.45) is 2.21. The van der Waals surface area contributed by atoms with Crippen LogP contribution < -0.4 is 0 Å². The first-order chi connectivity index (χ1) is 15.0. The summed E-state index contributed by atoms with van der Waals surface area (Å²) in [6, 6.07) is -0.125. The molecule has 0 aromatic carbocycles. The molecule has 2 amide bonds. The fourth-order valence-electron chi connectivity index (χ4n) is 5.15. The maximum atomic E-state index is 13.3. The van der Waals surface area contributed by atoms with E-state index in [9.17, 15) is 14.7 Å². The number of carbonyl (C=O) groups excluding carboxylic acids is 2. The van der Waals surface area contributed by atoms with E-state index in [2.05, 4.69) is 11.9 Å². The fourth-order valence-corrected chi connectivity index (χ4v) is 5.15. The number of hydrogen-bond acceptors (Lipinski definition) is 7. The summed E-state index contributed by atoms with van der Waals surface area (Å²) in [4.78, 5) is 32.1. The molecule has 4 saturated heterocycles. The van der Waals surface area contributed by atoms with Crippen LogP contribution in [0.2, 0.25) is 0 Å². The Morgan fingerprint density at radius 2 is 1.71 bits per heavy atom. The zero-order valence-electron chi connectivity index (χ0n) is 18.6. The summed E-state index contributed by atoms with van der Waals surface area (Å²) in [7, 11) is 2.07. The van der Waals surface area contributed by atoms with Crippen LogP contribution in [0.25, 0.3) is 0 Å². The zero-order valence-corrected chi connectivity index (χ0v) is 18.6. The third-order valence-corrected chi connectivity index (χ3v) is 7.09. The van der Waals surface area contributed by atoms with Gasteiger partial charge in [0, 0.05) is 51.9 Å². The predicted octanol–water partition coefficient (Wildman–Crippen LogP) is -0.287. The van der Waals surface area contributed by atoms with Crippen molar-refractivity contribution in [3.8, 4) is 0 Å². The van der Waals surface area contributed by atoms with E-state index in [1.807, 2.05) is 9.80 Å². The monoisotopic (exact) mass is 439 g/mol. The van der Waals surface area contributed by atoms with E-state index >= 15 is 0 Å². The first-order valence-electron chi connectivity index (χ1n) is 11.8. The van der Waals surface area contributed by atoms with Crippen LogP contribution in [0.15, 0.2) is 0 Å². The average Bonchev–Trinajstić information content (AvgIpc) is 2.77. The van der Waals surface area contributed by atoms with Gasteiger partial charge in [-0.25, -0.2) is 0 Å². The Kier molecular flexibility index (Phi) is 7.81. The van der Waals surface area contributed by atoms with Gasteiger partial charge >= 0.3 is 0 Å². The number of aliphatic hydroxyl groups is 1. The molecule has 0 aromatic rings. The Morgan fingerprint density at radius 3 is 2.45 bits per heavy atom. The molecule has 0 saturated carbocycles. The van der Waals surface area contributed by atoms with Gasteiger partial charge in [0.2, 0.25) is 11.8 Å². The molecule has 4 aliphatic rings. The van der Waals surface area contributed by atoms with Crippen molar-refractivity contribution in [2.24, 2.45) is 5.92 Å². The lowest BCUT2D eigenvalue weighted by Crippen LogP contribution is -2.59. The lowest BCUT2D eigenvalue weighted by molar-refractivity contribution is -0.174. The van der Waals surface area contributed by atoms with Crippen molar-refractivity contribution in [2.45, 2.75) is 56.5 Å². The van der Waals surface area contributed by atoms with Gasteiger partial charge in [0.25, 0.3) is 0 Å². The number of rotatable bonds is 3. The summed E-state index contributed by atoms with van der Waals surface area (Å²) in [5.74, 6) is 0.183. The van der Waals surface area contributed by atoms with Gasteiger partial charge in [0.05, 0.1) is 37.9 Å². The first-order valence-corrected chi connectivity index (χ1v) is 11.8. The fraction of sp³-hybridized carbons (Fsp3) is 0.909. The van der Waals surface area contributed by atoms with Crippen LogP contribution in [0.3, 0.4) is 0 Å². The number of hydrogen-bond donors (Lipinski definition) is 1. The van der Waals surface area contributed by atoms with E-state index in [-0.39, 0.29) is 49.1 Å². The molecule has 0 aliphatic carbocycles. The maximum absolute atomic E-state index is 13.3. The van der Waals surface area contributed by atoms with Crippen molar-refractivity contribution in [2.75, 3.05) is 66.2 Å². The smallest absolute Gasteiger partial charge is 0.226 e. The largest absolute Gasteiger partial charge is 0.389 e. The molecule has 0 unspecified atom stereocenters. The lowest BCUT2D eigenvalue weighted by Gasteiger charge is -2.46. The van der Waals surface area contributed by atoms with Gasteiger partial charge < -0.3 is 34.0 Å². The van der Waals surface area contributed by atoms with E-state index in [4.69, 9.17) is 14.2 Å². The zero-order chi connectivity index (χ0) is 21.8. The highest BCUT2D eigenvalue weighted by atomic mass is 16.5. The van der Waals surface area contributed by atoms with Crippen LogP contribution in [0, 0.1) is 5.92 Å². The highest BCUT2D eigenvalue weighted by molar-refractivity contribution is 5.79. The first kappa shape index (κ1) is 22.9. The minimum Gasteiger partial charge on any atom is -0.389 e. The molecule has 0 spiro atoms. The summed E-state index contributed by atoms with van der Waals surface area (Å²) >= 11 is 0. The number of nitrogens with zero attached hydrogens (tertiary/aromatic N) is 3. The topological polar surface area (TPSA) is 91.8 Å². The van der Waals surface area contributed by atoms with Crippen LogP contribution in [0.4, 0.5) is 0 Å². The SMILES string of the molecule is CN1CCN(C(=O)C[C@H]2CC[C@@H]3[C@H](COC[C@H](O)CN3C(=O)C3CCOCC3)O2)CC1. The van der Waals surface area contributed by atoms with E-state index in [1.165, 1.54) is 0 Å². The van der Waals surface area contributed by atoms with Gasteiger partial charge in [0.15, 0.2) is 0 Å². The maximum Gasteiger partial charge on any atom is 0.226 e. The normalized spacial score (nSPS) is 34.0. The second-order valence-corrected chi connectivity index (χ2v) is 9.40. The molecule has 4 fully saturated rings. The van der Waals surface area contributed by atoms with Crippen molar-refractivity contribution < 1.29 is 28.9 Å². The molecule has 9 nitrogen and oxygen atoms in total. The van der Waals surface area contributed by atoms with Crippen molar-refractivity contribution in [3.05, 3.63) is 0 Å². The van der Waals surface area contributed by atoms with Gasteiger partial charge in [-0.1, -0.05) is 0 Å². The van der Waals surface area contributed by atoms with Crippen LogP contribution in [0.1, 0.15) is 32.1 Å². The van der Waals surface area contributed by atoms with Crippen LogP contribution >= 0.6 is 0 Å². The molecule has 4 aliphatic heterocycles. The predicted molar refractivity (Wildman–Crippen MR) is 112 cm³/mol. The Morgan fingerprint density at radius 1 is 0.968 bits per heavy atom. The van der Waals surface area contributed by atoms with Crippen LogP contribution in [-0.4, -0.2) is 122 Å². The number of aliphatic hydroxyl groups excluding tert-OH is 1. The van der Waals surface area contributed by atoms with Gasteiger partial charge in [-0.2, -0.15) is 0 Å². The number of carbonyl (C=O) groups is 2. The number of ether oxygens (including phenoxy) is 3. The molecule has 176 valence electrons. The number of fused-ring (bicyclic) bond motifs is 1. The molecule has 31 heavy (non-hydrogen) atoms. The molecule has 0 bridgehead atoms. The second kappa shape index (κ2) is 10.6. The second-order valence-electron chi connectivity index (χ2n) is 9.40. The third kappa shape index (κ3) is 5.76. The molecule has 4 atom stereocenters. The van der Waals surface area contributed by atoms with Gasteiger partial charge in [-0.3, -0.25) is 9.59 Å². The molecule has 0 radical (unpaired) electrons. The minimum absolute atomic E-state index is 0.0570. The highest BCUT2D eigenvalue weighted by Crippen LogP contribution is 2.30. The van der Waals surface area contributed by atoms with E-state index in [0.29, 0.717) is 26.2 Å². The molecular formula is C22H37N3O6. The molecule has 4 rings (SSSR count). The van der Waals surface area contributed by atoms with E-state index in [1.54, 1.807) is 0 Å². The summed E-state index contributed by atoms with van der Waals surface area (Å²) in [5.41, 5.74) is 0. The van der Waals surface area contributed by atoms with Crippen molar-refractivity contribution in [1.82, 2.24) is 14.7 Å². The summed E-state index contributed by atoms with van der Waals surface area (Å²) < 4.78 is 17.4. The molecule has 0 aromatic heterocycles. The van der Waals surface area contributed by atoms with Crippen molar-refractivity contribution in [1.29, 1.82) is 0 Å². The number of amides is 2. The molecule has 4 heterocycles. The van der Waals surface area contributed by atoms with Crippen LogP contribution in [-0.2, 0) is 23.8 Å². The summed E-state index contributed by atoms with van der Waals surface area (Å²) in [5, 5.41) is 10.3. The van der Waals surface area contributed by atoms with E-state index < -0.39 is 6.10 Å². The minimum atomic E-state index is -0.693. The van der Waals surface area contributed by atoms with Crippen molar-refractivity contribution in [3.63, 3.8) is 0 Å². The van der Waals surface area contributed by atoms with Gasteiger partial charge in [-0.05, 0) is 32.7 Å². The molecule has 1 N–H and O–H groups in total. The molecular weight excluding hydrogens is 402 g/mol. The Labute approximate surface area is 184 Å². The standard InChI is InChI=1S/C22H37N3O6/c1-23-6-8-24(9-7-23)21(27)12-18-2-3-19-20(31-18)15-30-14-17(26)13-25(19)22(28)16-4-10-29-11-5-16/h16-20,26H,2-15H2,1H3/t17-,18-,19-,20+/m1/s1. The third-order valence-electron chi connectivity index (χ3n) is 7.09. The molecule has 9 heteroatoms. The number of piperazine rings is 1. The number of β-amino-alcohol motifs (C(OH)–C–C–N with tert-alkyl or cyclic N) is 1.